The number of hydrogen-bond acceptors (Lipinski definition) is 5. The Morgan fingerprint density at radius 1 is 1.11 bits per heavy atom. The molecule has 2 aromatic heterocycles. The van der Waals surface area contributed by atoms with E-state index in [-0.39, 0.29) is 23.2 Å². The molecule has 2 aliphatic rings. The molecule has 1 aliphatic carbocycles. The summed E-state index contributed by atoms with van der Waals surface area (Å²) in [5.41, 5.74) is 1.84. The van der Waals surface area contributed by atoms with Gasteiger partial charge in [-0.1, -0.05) is 48.5 Å². The summed E-state index contributed by atoms with van der Waals surface area (Å²) in [5.74, 6) is 1.49. The van der Waals surface area contributed by atoms with E-state index in [0.29, 0.717) is 24.8 Å². The topological polar surface area (TPSA) is 72.1 Å². The first-order chi connectivity index (χ1) is 13.6. The Labute approximate surface area is 163 Å². The highest BCUT2D eigenvalue weighted by Gasteiger charge is 2.50. The first kappa shape index (κ1) is 17.1. The van der Waals surface area contributed by atoms with Gasteiger partial charge < -0.3 is 9.42 Å². The van der Waals surface area contributed by atoms with E-state index in [4.69, 9.17) is 4.52 Å². The summed E-state index contributed by atoms with van der Waals surface area (Å²) in [5, 5.41) is 4.18. The second kappa shape index (κ2) is 6.55. The van der Waals surface area contributed by atoms with Crippen LogP contribution in [0.25, 0.3) is 11.4 Å². The molecule has 2 atom stereocenters. The van der Waals surface area contributed by atoms with Crippen molar-refractivity contribution in [3.05, 3.63) is 66.3 Å². The fourth-order valence-electron chi connectivity index (χ4n) is 4.03. The van der Waals surface area contributed by atoms with Gasteiger partial charge in [0.05, 0.1) is 5.92 Å². The third-order valence-corrected chi connectivity index (χ3v) is 6.03. The Morgan fingerprint density at radius 2 is 1.89 bits per heavy atom. The molecule has 6 nitrogen and oxygen atoms in total. The Balaban J connectivity index is 1.47. The third kappa shape index (κ3) is 2.99. The Hall–Kier alpha value is -3.02. The van der Waals surface area contributed by atoms with Gasteiger partial charge in [-0.25, -0.2) is 0 Å². The van der Waals surface area contributed by atoms with Crippen LogP contribution in [-0.4, -0.2) is 39.0 Å². The van der Waals surface area contributed by atoms with Gasteiger partial charge in [-0.3, -0.25) is 9.78 Å². The van der Waals surface area contributed by atoms with Crippen molar-refractivity contribution in [3.63, 3.8) is 0 Å². The number of benzene rings is 1. The molecular formula is C22H22N4O2. The van der Waals surface area contributed by atoms with Gasteiger partial charge in [0.15, 0.2) is 0 Å². The number of aromatic nitrogens is 3. The molecule has 1 saturated carbocycles. The second-order valence-corrected chi connectivity index (χ2v) is 8.09. The first-order valence-electron chi connectivity index (χ1n) is 9.72. The third-order valence-electron chi connectivity index (χ3n) is 6.03. The molecular weight excluding hydrogens is 352 g/mol. The average molecular weight is 374 g/mol. The molecule has 142 valence electrons. The molecule has 0 radical (unpaired) electrons. The lowest BCUT2D eigenvalue weighted by molar-refractivity contribution is -0.135. The largest absolute Gasteiger partial charge is 0.341 e. The number of amides is 1. The standard InChI is InChI=1S/C22H22N4O2/c1-22(9-10-22)21(27)26-13-17(16-8-5-11-23-12-16)18(14-26)20-24-19(25-28-20)15-6-3-2-4-7-15/h2-8,11-12,17-18H,9-10,13-14H2,1H3/t17-,18+/m0/s1. The van der Waals surface area contributed by atoms with Crippen molar-refractivity contribution in [1.82, 2.24) is 20.0 Å². The van der Waals surface area contributed by atoms with Crippen LogP contribution in [0.3, 0.4) is 0 Å². The van der Waals surface area contributed by atoms with Crippen molar-refractivity contribution in [3.8, 4) is 11.4 Å². The number of carbonyl (C=O) groups is 1. The zero-order valence-electron chi connectivity index (χ0n) is 15.8. The van der Waals surface area contributed by atoms with Crippen LogP contribution in [0.15, 0.2) is 59.4 Å². The predicted molar refractivity (Wildman–Crippen MR) is 103 cm³/mol. The van der Waals surface area contributed by atoms with Gasteiger partial charge in [-0.05, 0) is 24.5 Å². The van der Waals surface area contributed by atoms with Crippen molar-refractivity contribution in [2.75, 3.05) is 13.1 Å². The molecule has 0 bridgehead atoms. The van der Waals surface area contributed by atoms with Crippen molar-refractivity contribution >= 4 is 5.91 Å². The van der Waals surface area contributed by atoms with Crippen LogP contribution < -0.4 is 0 Å². The highest BCUT2D eigenvalue weighted by atomic mass is 16.5. The Morgan fingerprint density at radius 3 is 2.61 bits per heavy atom. The van der Waals surface area contributed by atoms with Crippen LogP contribution in [0.2, 0.25) is 0 Å². The summed E-state index contributed by atoms with van der Waals surface area (Å²) in [4.78, 5) is 23.9. The number of hydrogen-bond donors (Lipinski definition) is 0. The minimum absolute atomic E-state index is 0.0273. The number of rotatable bonds is 4. The van der Waals surface area contributed by atoms with Gasteiger partial charge in [0.1, 0.15) is 0 Å². The van der Waals surface area contributed by atoms with E-state index in [1.807, 2.05) is 47.5 Å². The summed E-state index contributed by atoms with van der Waals surface area (Å²) >= 11 is 0. The van der Waals surface area contributed by atoms with Gasteiger partial charge >= 0.3 is 0 Å². The van der Waals surface area contributed by atoms with Gasteiger partial charge in [-0.15, -0.1) is 0 Å². The lowest BCUT2D eigenvalue weighted by Crippen LogP contribution is -2.34. The van der Waals surface area contributed by atoms with Gasteiger partial charge in [0, 0.05) is 42.4 Å². The summed E-state index contributed by atoms with van der Waals surface area (Å²) in [6, 6.07) is 13.8. The predicted octanol–water partition coefficient (Wildman–Crippen LogP) is 3.64. The molecule has 1 saturated heterocycles. The average Bonchev–Trinajstić information content (AvgIpc) is 3.15. The van der Waals surface area contributed by atoms with Crippen LogP contribution in [0, 0.1) is 5.41 Å². The molecule has 1 aromatic carbocycles. The first-order valence-corrected chi connectivity index (χ1v) is 9.72. The minimum Gasteiger partial charge on any atom is -0.341 e. The molecule has 0 N–H and O–H groups in total. The lowest BCUT2D eigenvalue weighted by Gasteiger charge is -2.20. The Bertz CT molecular complexity index is 982. The van der Waals surface area contributed by atoms with Crippen LogP contribution in [0.1, 0.15) is 43.1 Å². The summed E-state index contributed by atoms with van der Waals surface area (Å²) in [6.07, 6.45) is 5.59. The van der Waals surface area contributed by atoms with E-state index in [1.165, 1.54) is 0 Å². The van der Waals surface area contributed by atoms with E-state index < -0.39 is 0 Å². The van der Waals surface area contributed by atoms with Crippen molar-refractivity contribution in [1.29, 1.82) is 0 Å². The van der Waals surface area contributed by atoms with Crippen LogP contribution in [-0.2, 0) is 4.79 Å². The molecule has 5 rings (SSSR count). The van der Waals surface area contributed by atoms with E-state index in [2.05, 4.69) is 28.1 Å². The van der Waals surface area contributed by atoms with Crippen LogP contribution in [0.5, 0.6) is 0 Å². The van der Waals surface area contributed by atoms with Crippen molar-refractivity contribution < 1.29 is 9.32 Å². The monoisotopic (exact) mass is 374 g/mol. The molecule has 1 amide bonds. The maximum Gasteiger partial charge on any atom is 0.232 e. The van der Waals surface area contributed by atoms with Gasteiger partial charge in [-0.2, -0.15) is 4.98 Å². The maximum atomic E-state index is 13.0. The van der Waals surface area contributed by atoms with E-state index in [9.17, 15) is 4.79 Å². The molecule has 3 aromatic rings. The molecule has 0 spiro atoms. The van der Waals surface area contributed by atoms with Crippen molar-refractivity contribution in [2.24, 2.45) is 5.41 Å². The summed E-state index contributed by atoms with van der Waals surface area (Å²) in [6.45, 7) is 3.32. The van der Waals surface area contributed by atoms with E-state index >= 15 is 0 Å². The molecule has 0 unspecified atom stereocenters. The van der Waals surface area contributed by atoms with E-state index in [1.54, 1.807) is 6.20 Å². The van der Waals surface area contributed by atoms with Gasteiger partial charge in [0.25, 0.3) is 0 Å². The molecule has 2 fully saturated rings. The highest BCUT2D eigenvalue weighted by molar-refractivity contribution is 5.85. The zero-order valence-corrected chi connectivity index (χ0v) is 15.8. The molecule has 1 aliphatic heterocycles. The number of carbonyl (C=O) groups excluding carboxylic acids is 1. The number of likely N-dealkylation sites (tertiary alicyclic amines) is 1. The highest BCUT2D eigenvalue weighted by Crippen LogP contribution is 2.49. The molecule has 6 heteroatoms. The maximum absolute atomic E-state index is 13.0. The fraction of sp³-hybridized carbons (Fsp3) is 0.364. The lowest BCUT2D eigenvalue weighted by atomic mass is 9.90. The number of pyridine rings is 1. The van der Waals surface area contributed by atoms with E-state index in [0.717, 1.165) is 24.0 Å². The Kier molecular flexibility index (Phi) is 4.00. The molecule has 28 heavy (non-hydrogen) atoms. The van der Waals surface area contributed by atoms with Crippen LogP contribution in [0.4, 0.5) is 0 Å². The smallest absolute Gasteiger partial charge is 0.232 e. The second-order valence-electron chi connectivity index (χ2n) is 8.09. The van der Waals surface area contributed by atoms with Crippen molar-refractivity contribution in [2.45, 2.75) is 31.6 Å². The normalized spacial score (nSPS) is 23.0. The fourth-order valence-corrected chi connectivity index (χ4v) is 4.03. The minimum atomic E-state index is -0.182. The summed E-state index contributed by atoms with van der Waals surface area (Å²) < 4.78 is 5.66. The van der Waals surface area contributed by atoms with Crippen LogP contribution >= 0.6 is 0 Å². The SMILES string of the molecule is CC1(C(=O)N2C[C@@H](c3cccnc3)[C@H](c3nc(-c4ccccc4)no3)C2)CC1. The summed E-state index contributed by atoms with van der Waals surface area (Å²) in [7, 11) is 0. The molecule has 3 heterocycles. The zero-order chi connectivity index (χ0) is 19.1. The number of nitrogens with zero attached hydrogens (tertiary/aromatic N) is 4. The quantitative estimate of drug-likeness (QED) is 0.697. The van der Waals surface area contributed by atoms with Gasteiger partial charge in [0.2, 0.25) is 17.6 Å².